The largest absolute Gasteiger partial charge is 0.435 e. The second-order valence-corrected chi connectivity index (χ2v) is 8.93. The average Bonchev–Trinajstić information content (AvgIpc) is 2.99. The van der Waals surface area contributed by atoms with Gasteiger partial charge in [-0.25, -0.2) is 0 Å². The van der Waals surface area contributed by atoms with E-state index in [1.54, 1.807) is 0 Å². The van der Waals surface area contributed by atoms with E-state index in [1.165, 1.54) is 12.8 Å². The molecule has 0 amide bonds. The van der Waals surface area contributed by atoms with Crippen molar-refractivity contribution < 1.29 is 14.3 Å². The lowest BCUT2D eigenvalue weighted by Crippen LogP contribution is -2.41. The number of esters is 1. The fraction of sp³-hybridized carbons (Fsp3) is 0.952. The minimum atomic E-state index is -0.468. The molecule has 2 atom stereocenters. The SMILES string of the molecule is CCCC(OC(=O)C(C)(CC(C)(C)CC)C(C)C)OC1CCCC1. The van der Waals surface area contributed by atoms with Gasteiger partial charge in [0.25, 0.3) is 0 Å². The van der Waals surface area contributed by atoms with E-state index in [4.69, 9.17) is 9.47 Å². The summed E-state index contributed by atoms with van der Waals surface area (Å²) < 4.78 is 12.0. The zero-order valence-electron chi connectivity index (χ0n) is 17.1. The molecule has 0 saturated heterocycles. The smallest absolute Gasteiger partial charge is 0.314 e. The third kappa shape index (κ3) is 6.06. The van der Waals surface area contributed by atoms with E-state index in [0.717, 1.165) is 38.5 Å². The fourth-order valence-corrected chi connectivity index (χ4v) is 3.51. The molecule has 1 saturated carbocycles. The van der Waals surface area contributed by atoms with Crippen LogP contribution in [0.2, 0.25) is 0 Å². The van der Waals surface area contributed by atoms with Crippen molar-refractivity contribution in [2.45, 2.75) is 112 Å². The molecule has 0 radical (unpaired) electrons. The first-order valence-electron chi connectivity index (χ1n) is 10.0. The van der Waals surface area contributed by atoms with Gasteiger partial charge in [0, 0.05) is 6.42 Å². The number of hydrogen-bond acceptors (Lipinski definition) is 3. The molecule has 0 aliphatic heterocycles. The molecule has 1 fully saturated rings. The number of rotatable bonds is 10. The monoisotopic (exact) mass is 340 g/mol. The van der Waals surface area contributed by atoms with Crippen LogP contribution in [-0.4, -0.2) is 18.4 Å². The van der Waals surface area contributed by atoms with Gasteiger partial charge in [-0.1, -0.05) is 67.2 Å². The highest BCUT2D eigenvalue weighted by molar-refractivity contribution is 5.77. The molecule has 1 rings (SSSR count). The zero-order valence-corrected chi connectivity index (χ0v) is 17.1. The normalized spacial score (nSPS) is 20.2. The highest BCUT2D eigenvalue weighted by Gasteiger charge is 2.43. The zero-order chi connectivity index (χ0) is 18.4. The quantitative estimate of drug-likeness (QED) is 0.356. The number of hydrogen-bond donors (Lipinski definition) is 0. The Morgan fingerprint density at radius 1 is 1.12 bits per heavy atom. The lowest BCUT2D eigenvalue weighted by Gasteiger charge is -2.39. The molecule has 3 nitrogen and oxygen atoms in total. The number of ether oxygens (including phenoxy) is 2. The molecule has 0 bridgehead atoms. The maximum absolute atomic E-state index is 13.1. The van der Waals surface area contributed by atoms with Gasteiger partial charge in [0.1, 0.15) is 0 Å². The van der Waals surface area contributed by atoms with Crippen LogP contribution in [0.5, 0.6) is 0 Å². The molecular weight excluding hydrogens is 300 g/mol. The standard InChI is InChI=1S/C21H40O3/c1-8-12-18(23-17-13-10-11-14-17)24-19(22)21(7,16(3)4)15-20(5,6)9-2/h16-18H,8-15H2,1-7H3. The van der Waals surface area contributed by atoms with Crippen LogP contribution in [0.3, 0.4) is 0 Å². The van der Waals surface area contributed by atoms with Gasteiger partial charge in [0.05, 0.1) is 11.5 Å². The molecule has 0 spiro atoms. The molecule has 24 heavy (non-hydrogen) atoms. The van der Waals surface area contributed by atoms with Crippen molar-refractivity contribution >= 4 is 5.97 Å². The third-order valence-corrected chi connectivity index (χ3v) is 5.95. The second kappa shape index (κ2) is 9.22. The first-order chi connectivity index (χ1) is 11.1. The Kier molecular flexibility index (Phi) is 8.25. The molecule has 0 aromatic heterocycles. The number of carbonyl (C=O) groups is 1. The maximum Gasteiger partial charge on any atom is 0.314 e. The molecule has 0 aromatic rings. The van der Waals surface area contributed by atoms with Crippen LogP contribution in [0.15, 0.2) is 0 Å². The van der Waals surface area contributed by atoms with E-state index in [9.17, 15) is 4.79 Å². The Hall–Kier alpha value is -0.570. The highest BCUT2D eigenvalue weighted by atomic mass is 16.7. The van der Waals surface area contributed by atoms with Gasteiger partial charge in [-0.3, -0.25) is 4.79 Å². The van der Waals surface area contributed by atoms with Crippen LogP contribution < -0.4 is 0 Å². The van der Waals surface area contributed by atoms with Crippen LogP contribution in [0.4, 0.5) is 0 Å². The molecule has 0 N–H and O–H groups in total. The molecule has 0 aromatic carbocycles. The summed E-state index contributed by atoms with van der Waals surface area (Å²) in [4.78, 5) is 13.1. The predicted molar refractivity (Wildman–Crippen MR) is 99.8 cm³/mol. The Bertz CT molecular complexity index is 383. The van der Waals surface area contributed by atoms with Crippen LogP contribution >= 0.6 is 0 Å². The van der Waals surface area contributed by atoms with E-state index in [0.29, 0.717) is 0 Å². The fourth-order valence-electron chi connectivity index (χ4n) is 3.51. The summed E-state index contributed by atoms with van der Waals surface area (Å²) in [5.74, 6) is 0.153. The Labute approximate surface area is 149 Å². The van der Waals surface area contributed by atoms with Crippen molar-refractivity contribution in [2.75, 3.05) is 0 Å². The molecule has 142 valence electrons. The van der Waals surface area contributed by atoms with E-state index in [-0.39, 0.29) is 29.7 Å². The van der Waals surface area contributed by atoms with Crippen molar-refractivity contribution in [1.82, 2.24) is 0 Å². The molecule has 2 unspecified atom stereocenters. The molecule has 1 aliphatic rings. The minimum Gasteiger partial charge on any atom is -0.435 e. The first-order valence-corrected chi connectivity index (χ1v) is 10.0. The van der Waals surface area contributed by atoms with Gasteiger partial charge in [-0.05, 0) is 37.5 Å². The van der Waals surface area contributed by atoms with Gasteiger partial charge in [-0.2, -0.15) is 0 Å². The Morgan fingerprint density at radius 2 is 1.71 bits per heavy atom. The lowest BCUT2D eigenvalue weighted by atomic mass is 9.67. The molecule has 0 heterocycles. The Balaban J connectivity index is 2.79. The van der Waals surface area contributed by atoms with Gasteiger partial charge in [-0.15, -0.1) is 0 Å². The molecule has 3 heteroatoms. The van der Waals surface area contributed by atoms with Crippen LogP contribution in [0.1, 0.15) is 99.8 Å². The summed E-state index contributed by atoms with van der Waals surface area (Å²) in [6.45, 7) is 15.1. The highest BCUT2D eigenvalue weighted by Crippen LogP contribution is 2.42. The lowest BCUT2D eigenvalue weighted by molar-refractivity contribution is -0.204. The van der Waals surface area contributed by atoms with Crippen LogP contribution in [0, 0.1) is 16.7 Å². The topological polar surface area (TPSA) is 35.5 Å². The van der Waals surface area contributed by atoms with E-state index in [2.05, 4.69) is 48.5 Å². The predicted octanol–water partition coefficient (Wildman–Crippen LogP) is 6.10. The maximum atomic E-state index is 13.1. The molecular formula is C21H40O3. The number of carbonyl (C=O) groups excluding carboxylic acids is 1. The first kappa shape index (κ1) is 21.5. The summed E-state index contributed by atoms with van der Waals surface area (Å²) in [6.07, 6.45) is 8.19. The van der Waals surface area contributed by atoms with Crippen molar-refractivity contribution in [1.29, 1.82) is 0 Å². The van der Waals surface area contributed by atoms with Crippen LogP contribution in [0.25, 0.3) is 0 Å². The van der Waals surface area contributed by atoms with Crippen molar-refractivity contribution in [3.05, 3.63) is 0 Å². The van der Waals surface area contributed by atoms with Crippen molar-refractivity contribution in [3.63, 3.8) is 0 Å². The van der Waals surface area contributed by atoms with Gasteiger partial charge in [0.2, 0.25) is 6.29 Å². The molecule has 1 aliphatic carbocycles. The van der Waals surface area contributed by atoms with Gasteiger partial charge < -0.3 is 9.47 Å². The Morgan fingerprint density at radius 3 is 2.17 bits per heavy atom. The average molecular weight is 341 g/mol. The van der Waals surface area contributed by atoms with Crippen LogP contribution in [-0.2, 0) is 14.3 Å². The summed E-state index contributed by atoms with van der Waals surface area (Å²) in [6, 6.07) is 0. The summed E-state index contributed by atoms with van der Waals surface area (Å²) in [7, 11) is 0. The van der Waals surface area contributed by atoms with Gasteiger partial charge >= 0.3 is 5.97 Å². The summed E-state index contributed by atoms with van der Waals surface area (Å²) in [5, 5.41) is 0. The summed E-state index contributed by atoms with van der Waals surface area (Å²) in [5.41, 5.74) is -0.338. The second-order valence-electron chi connectivity index (χ2n) is 8.93. The van der Waals surface area contributed by atoms with E-state index < -0.39 is 5.41 Å². The van der Waals surface area contributed by atoms with Gasteiger partial charge in [0.15, 0.2) is 0 Å². The van der Waals surface area contributed by atoms with Crippen molar-refractivity contribution in [2.24, 2.45) is 16.7 Å². The van der Waals surface area contributed by atoms with E-state index in [1.807, 2.05) is 0 Å². The van der Waals surface area contributed by atoms with E-state index >= 15 is 0 Å². The minimum absolute atomic E-state index is 0.0875. The van der Waals surface area contributed by atoms with Crippen molar-refractivity contribution in [3.8, 4) is 0 Å². The summed E-state index contributed by atoms with van der Waals surface area (Å²) >= 11 is 0. The third-order valence-electron chi connectivity index (χ3n) is 5.95.